The molecule has 196 valence electrons. The molecular formula is C28H19F3N4O4. The average Bonchev–Trinajstić information content (AvgIpc) is 3.19. The number of hydrogen-bond acceptors (Lipinski definition) is 7. The topological polar surface area (TPSA) is 102 Å². The van der Waals surface area contributed by atoms with Crippen LogP contribution < -0.4 is 9.64 Å². The first-order valence-corrected chi connectivity index (χ1v) is 11.7. The molecule has 11 heteroatoms. The molecule has 0 aliphatic carbocycles. The number of pyridine rings is 1. The Morgan fingerprint density at radius 3 is 2.21 bits per heavy atom. The van der Waals surface area contributed by atoms with E-state index in [1.807, 2.05) is 6.07 Å². The smallest absolute Gasteiger partial charge is 0.406 e. The second kappa shape index (κ2) is 10.1. The second-order valence-corrected chi connectivity index (χ2v) is 8.77. The third-order valence-electron chi connectivity index (χ3n) is 6.20. The molecule has 8 nitrogen and oxygen atoms in total. The van der Waals surface area contributed by atoms with Crippen LogP contribution in [0.2, 0.25) is 0 Å². The molecule has 1 saturated heterocycles. The molecule has 3 heterocycles. The summed E-state index contributed by atoms with van der Waals surface area (Å²) in [5, 5.41) is 7.95. The first-order valence-electron chi connectivity index (χ1n) is 11.7. The van der Waals surface area contributed by atoms with E-state index in [1.165, 1.54) is 30.3 Å². The van der Waals surface area contributed by atoms with Gasteiger partial charge in [0.1, 0.15) is 11.7 Å². The lowest BCUT2D eigenvalue weighted by atomic mass is 9.86. The summed E-state index contributed by atoms with van der Waals surface area (Å²) < 4.78 is 41.9. The van der Waals surface area contributed by atoms with Crippen molar-refractivity contribution >= 4 is 23.3 Å². The van der Waals surface area contributed by atoms with Gasteiger partial charge in [0.05, 0.1) is 17.4 Å². The Hall–Kier alpha value is -4.93. The molecule has 0 saturated carbocycles. The quantitative estimate of drug-likeness (QED) is 0.198. The van der Waals surface area contributed by atoms with Gasteiger partial charge in [-0.05, 0) is 48.9 Å². The van der Waals surface area contributed by atoms with Crippen LogP contribution in [0.4, 0.5) is 19.0 Å². The predicted octanol–water partition coefficient (Wildman–Crippen LogP) is 4.90. The van der Waals surface area contributed by atoms with Crippen LogP contribution in [0, 0.1) is 12.8 Å². The summed E-state index contributed by atoms with van der Waals surface area (Å²) in [6.07, 6.45) is -3.26. The Morgan fingerprint density at radius 2 is 1.62 bits per heavy atom. The number of ketones is 2. The van der Waals surface area contributed by atoms with Crippen molar-refractivity contribution in [2.75, 3.05) is 4.90 Å². The molecule has 0 N–H and O–H groups in total. The maximum Gasteiger partial charge on any atom is 0.573 e. The highest BCUT2D eigenvalue weighted by Gasteiger charge is 2.53. The summed E-state index contributed by atoms with van der Waals surface area (Å²) >= 11 is 0. The van der Waals surface area contributed by atoms with Crippen molar-refractivity contribution in [2.24, 2.45) is 5.92 Å². The number of nitrogens with zero attached hydrogens (tertiary/aromatic N) is 4. The van der Waals surface area contributed by atoms with Crippen molar-refractivity contribution in [2.45, 2.75) is 19.3 Å². The van der Waals surface area contributed by atoms with Crippen molar-refractivity contribution in [3.63, 3.8) is 0 Å². The normalized spacial score (nSPS) is 17.4. The minimum Gasteiger partial charge on any atom is -0.406 e. The maximum absolute atomic E-state index is 13.7. The van der Waals surface area contributed by atoms with Gasteiger partial charge < -0.3 is 4.74 Å². The number of halogens is 3. The highest BCUT2D eigenvalue weighted by Crippen LogP contribution is 2.41. The zero-order chi connectivity index (χ0) is 27.7. The van der Waals surface area contributed by atoms with Crippen molar-refractivity contribution in [1.29, 1.82) is 0 Å². The van der Waals surface area contributed by atoms with Crippen LogP contribution in [0.25, 0.3) is 11.3 Å². The van der Waals surface area contributed by atoms with Gasteiger partial charge in [0.25, 0.3) is 5.91 Å². The number of benzene rings is 2. The van der Waals surface area contributed by atoms with Gasteiger partial charge in [-0.25, -0.2) is 0 Å². The van der Waals surface area contributed by atoms with Crippen LogP contribution in [0.1, 0.15) is 27.7 Å². The van der Waals surface area contributed by atoms with Crippen LogP contribution in [0.15, 0.2) is 85.1 Å². The number of amides is 1. The molecule has 2 unspecified atom stereocenters. The van der Waals surface area contributed by atoms with Crippen molar-refractivity contribution in [1.82, 2.24) is 15.2 Å². The maximum atomic E-state index is 13.7. The number of aromatic nitrogens is 3. The average molecular weight is 532 g/mol. The van der Waals surface area contributed by atoms with Crippen LogP contribution in [-0.4, -0.2) is 39.0 Å². The third-order valence-corrected chi connectivity index (χ3v) is 6.20. The Bertz CT molecular complexity index is 1520. The Labute approximate surface area is 220 Å². The first kappa shape index (κ1) is 25.7. The molecule has 2 aromatic heterocycles. The summed E-state index contributed by atoms with van der Waals surface area (Å²) in [6, 6.07) is 18.4. The molecule has 1 aliphatic rings. The summed E-state index contributed by atoms with van der Waals surface area (Å²) in [4.78, 5) is 45.5. The number of ether oxygens (including phenoxy) is 1. The van der Waals surface area contributed by atoms with E-state index in [2.05, 4.69) is 19.9 Å². The first-order chi connectivity index (χ1) is 18.6. The number of carbonyl (C=O) groups is 3. The van der Waals surface area contributed by atoms with Gasteiger partial charge in [-0.3, -0.25) is 24.3 Å². The second-order valence-electron chi connectivity index (χ2n) is 8.77. The number of anilines is 1. The highest BCUT2D eigenvalue weighted by atomic mass is 19.4. The van der Waals surface area contributed by atoms with Crippen LogP contribution in [-0.2, 0) is 9.59 Å². The monoisotopic (exact) mass is 532 g/mol. The van der Waals surface area contributed by atoms with E-state index in [0.717, 1.165) is 22.6 Å². The number of hydrogen-bond donors (Lipinski definition) is 0. The number of aryl methyl sites for hydroxylation is 1. The van der Waals surface area contributed by atoms with E-state index in [-0.39, 0.29) is 16.9 Å². The van der Waals surface area contributed by atoms with Gasteiger partial charge in [-0.1, -0.05) is 42.5 Å². The third kappa shape index (κ3) is 5.24. The Balaban J connectivity index is 1.54. The molecule has 2 atom stereocenters. The van der Waals surface area contributed by atoms with E-state index in [1.54, 1.807) is 43.5 Å². The van der Waals surface area contributed by atoms with Crippen LogP contribution in [0.5, 0.6) is 5.75 Å². The summed E-state index contributed by atoms with van der Waals surface area (Å²) in [5.74, 6) is -4.49. The highest BCUT2D eigenvalue weighted by molar-refractivity contribution is 6.48. The molecule has 0 bridgehead atoms. The summed E-state index contributed by atoms with van der Waals surface area (Å²) in [6.45, 7) is 1.69. The lowest BCUT2D eigenvalue weighted by Crippen LogP contribution is -2.31. The van der Waals surface area contributed by atoms with E-state index in [4.69, 9.17) is 0 Å². The molecule has 1 amide bonds. The predicted molar refractivity (Wildman–Crippen MR) is 133 cm³/mol. The standard InChI is InChI=1S/C28H19F3N4O4/c1-16-5-14-22(34-33-16)35-24(18-10-12-20(13-11-18)39-28(29,30)31)23(26(37)27(35)38)25(36)19-8-6-17(7-9-19)21-4-2-3-15-32-21/h2-15,23-24H,1H3. The van der Waals surface area contributed by atoms with Crippen molar-refractivity contribution in [3.05, 3.63) is 102 Å². The number of rotatable bonds is 6. The SMILES string of the molecule is Cc1ccc(N2C(=O)C(=O)C(C(=O)c3ccc(-c4ccccn4)cc3)C2c2ccc(OC(F)(F)F)cc2)nn1. The van der Waals surface area contributed by atoms with Gasteiger partial charge in [-0.2, -0.15) is 5.10 Å². The summed E-state index contributed by atoms with van der Waals surface area (Å²) in [5.41, 5.74) is 2.41. The zero-order valence-corrected chi connectivity index (χ0v) is 20.3. The zero-order valence-electron chi connectivity index (χ0n) is 20.3. The largest absolute Gasteiger partial charge is 0.573 e. The Morgan fingerprint density at radius 1 is 0.897 bits per heavy atom. The molecule has 5 rings (SSSR count). The van der Waals surface area contributed by atoms with Gasteiger partial charge in [0.2, 0.25) is 5.78 Å². The van der Waals surface area contributed by atoms with Crippen molar-refractivity contribution < 1.29 is 32.3 Å². The molecule has 0 spiro atoms. The fraction of sp³-hybridized carbons (Fsp3) is 0.143. The molecular weight excluding hydrogens is 513 g/mol. The number of alkyl halides is 3. The van der Waals surface area contributed by atoms with E-state index < -0.39 is 41.5 Å². The molecule has 1 aliphatic heterocycles. The number of Topliss-reactive ketones (excluding diaryl/α,β-unsaturated/α-hetero) is 2. The molecule has 4 aromatic rings. The van der Waals surface area contributed by atoms with Gasteiger partial charge in [0.15, 0.2) is 11.6 Å². The van der Waals surface area contributed by atoms with Crippen molar-refractivity contribution in [3.8, 4) is 17.0 Å². The fourth-order valence-electron chi connectivity index (χ4n) is 4.43. The minimum absolute atomic E-state index is 0.0281. The Kier molecular flexibility index (Phi) is 6.65. The van der Waals surface area contributed by atoms with Gasteiger partial charge in [0, 0.05) is 17.3 Å². The van der Waals surface area contributed by atoms with Gasteiger partial charge >= 0.3 is 6.36 Å². The lowest BCUT2D eigenvalue weighted by molar-refractivity contribution is -0.274. The number of carbonyl (C=O) groups excluding carboxylic acids is 3. The molecule has 2 aromatic carbocycles. The minimum atomic E-state index is -4.90. The van der Waals surface area contributed by atoms with Crippen LogP contribution >= 0.6 is 0 Å². The molecule has 39 heavy (non-hydrogen) atoms. The molecule has 1 fully saturated rings. The van der Waals surface area contributed by atoms with E-state index in [9.17, 15) is 27.6 Å². The fourth-order valence-corrected chi connectivity index (χ4v) is 4.43. The van der Waals surface area contributed by atoms with Gasteiger partial charge in [-0.15, -0.1) is 18.3 Å². The van der Waals surface area contributed by atoms with Crippen LogP contribution in [0.3, 0.4) is 0 Å². The molecule has 0 radical (unpaired) electrons. The summed E-state index contributed by atoms with van der Waals surface area (Å²) in [7, 11) is 0. The lowest BCUT2D eigenvalue weighted by Gasteiger charge is -2.26. The van der Waals surface area contributed by atoms with E-state index in [0.29, 0.717) is 11.4 Å². The van der Waals surface area contributed by atoms with E-state index >= 15 is 0 Å².